The molecule has 0 aliphatic heterocycles. The van der Waals surface area contributed by atoms with Crippen LogP contribution in [-0.2, 0) is 0 Å². The van der Waals surface area contributed by atoms with E-state index >= 15 is 0 Å². The van der Waals surface area contributed by atoms with Crippen LogP contribution in [0.2, 0.25) is 5.15 Å². The maximum atomic E-state index is 12.4. The van der Waals surface area contributed by atoms with E-state index in [0.717, 1.165) is 6.33 Å². The van der Waals surface area contributed by atoms with Crippen molar-refractivity contribution in [3.05, 3.63) is 17.0 Å². The normalized spacial score (nSPS) is 10.5. The molecule has 0 saturated heterocycles. The van der Waals surface area contributed by atoms with Gasteiger partial charge in [-0.15, -0.1) is 0 Å². The van der Waals surface area contributed by atoms with E-state index in [4.69, 9.17) is 16.3 Å². The molecule has 0 amide bonds. The van der Waals surface area contributed by atoms with Gasteiger partial charge in [0.15, 0.2) is 0 Å². The van der Waals surface area contributed by atoms with Gasteiger partial charge in [0.25, 0.3) is 6.43 Å². The van der Waals surface area contributed by atoms with Crippen molar-refractivity contribution in [1.29, 1.82) is 0 Å². The van der Waals surface area contributed by atoms with E-state index in [-0.39, 0.29) is 17.6 Å². The fourth-order valence-electron chi connectivity index (χ4n) is 0.794. The van der Waals surface area contributed by atoms with Gasteiger partial charge < -0.3 is 4.74 Å². The average Bonchev–Trinajstić information content (AvgIpc) is 2.04. The van der Waals surface area contributed by atoms with Crippen molar-refractivity contribution in [3.8, 4) is 5.88 Å². The zero-order valence-corrected chi connectivity index (χ0v) is 7.55. The molecular weight excluding hydrogens is 202 g/mol. The summed E-state index contributed by atoms with van der Waals surface area (Å²) >= 11 is 5.45. The molecule has 0 radical (unpaired) electrons. The van der Waals surface area contributed by atoms with Crippen molar-refractivity contribution in [3.63, 3.8) is 0 Å². The molecular formula is C7H7ClF2N2O. The molecule has 0 fully saturated rings. The quantitative estimate of drug-likeness (QED) is 0.716. The summed E-state index contributed by atoms with van der Waals surface area (Å²) in [6, 6.07) is 0. The number of alkyl halides is 2. The van der Waals surface area contributed by atoms with Gasteiger partial charge in [0.2, 0.25) is 5.88 Å². The first kappa shape index (κ1) is 10.1. The van der Waals surface area contributed by atoms with E-state index in [9.17, 15) is 8.78 Å². The first-order valence-electron chi connectivity index (χ1n) is 3.58. The van der Waals surface area contributed by atoms with Crippen LogP contribution >= 0.6 is 11.6 Å². The van der Waals surface area contributed by atoms with Gasteiger partial charge in [0.05, 0.1) is 6.61 Å². The predicted molar refractivity (Wildman–Crippen MR) is 43.2 cm³/mol. The minimum atomic E-state index is -2.73. The molecule has 1 rings (SSSR count). The van der Waals surface area contributed by atoms with Crippen molar-refractivity contribution < 1.29 is 13.5 Å². The average molecular weight is 209 g/mol. The van der Waals surface area contributed by atoms with Crippen molar-refractivity contribution in [2.45, 2.75) is 13.3 Å². The summed E-state index contributed by atoms with van der Waals surface area (Å²) in [4.78, 5) is 6.99. The Morgan fingerprint density at radius 1 is 1.54 bits per heavy atom. The highest BCUT2D eigenvalue weighted by Gasteiger charge is 2.20. The third-order valence-corrected chi connectivity index (χ3v) is 1.60. The lowest BCUT2D eigenvalue weighted by Crippen LogP contribution is -2.01. The van der Waals surface area contributed by atoms with E-state index in [0.29, 0.717) is 0 Å². The number of ether oxygens (including phenoxy) is 1. The number of rotatable bonds is 3. The molecule has 1 aromatic heterocycles. The maximum absolute atomic E-state index is 12.4. The fraction of sp³-hybridized carbons (Fsp3) is 0.429. The van der Waals surface area contributed by atoms with Crippen molar-refractivity contribution in [2.24, 2.45) is 0 Å². The molecule has 72 valence electrons. The molecule has 0 atom stereocenters. The third kappa shape index (κ3) is 2.24. The van der Waals surface area contributed by atoms with Crippen LogP contribution in [0.3, 0.4) is 0 Å². The first-order valence-corrected chi connectivity index (χ1v) is 3.96. The van der Waals surface area contributed by atoms with Crippen LogP contribution in [-0.4, -0.2) is 16.6 Å². The third-order valence-electron chi connectivity index (χ3n) is 1.30. The monoisotopic (exact) mass is 208 g/mol. The Balaban J connectivity index is 3.10. The second-order valence-electron chi connectivity index (χ2n) is 2.12. The van der Waals surface area contributed by atoms with Crippen LogP contribution in [0.1, 0.15) is 18.9 Å². The standard InChI is InChI=1S/C7H7ClF2N2O/c1-2-13-7-4(6(9)10)5(8)11-3-12-7/h3,6H,2H2,1H3. The highest BCUT2D eigenvalue weighted by molar-refractivity contribution is 6.30. The predicted octanol–water partition coefficient (Wildman–Crippen LogP) is 2.47. The molecule has 1 aromatic rings. The Bertz CT molecular complexity index is 296. The SMILES string of the molecule is CCOc1ncnc(Cl)c1C(F)F. The molecule has 0 N–H and O–H groups in total. The van der Waals surface area contributed by atoms with Crippen LogP contribution in [0, 0.1) is 0 Å². The summed E-state index contributed by atoms with van der Waals surface area (Å²) in [6.07, 6.45) is -1.64. The van der Waals surface area contributed by atoms with E-state index in [1.165, 1.54) is 0 Å². The van der Waals surface area contributed by atoms with E-state index in [1.54, 1.807) is 6.92 Å². The molecule has 3 nitrogen and oxygen atoms in total. The zero-order chi connectivity index (χ0) is 9.84. The van der Waals surface area contributed by atoms with E-state index in [2.05, 4.69) is 9.97 Å². The lowest BCUT2D eigenvalue weighted by Gasteiger charge is -2.07. The summed E-state index contributed by atoms with van der Waals surface area (Å²) in [7, 11) is 0. The Labute approximate surface area is 78.7 Å². The minimum Gasteiger partial charge on any atom is -0.478 e. The van der Waals surface area contributed by atoms with Crippen molar-refractivity contribution in [1.82, 2.24) is 9.97 Å². The van der Waals surface area contributed by atoms with Crippen molar-refractivity contribution >= 4 is 11.6 Å². The summed E-state index contributed by atoms with van der Waals surface area (Å²) < 4.78 is 29.6. The van der Waals surface area contributed by atoms with Gasteiger partial charge in [-0.1, -0.05) is 11.6 Å². The first-order chi connectivity index (χ1) is 6.16. The number of nitrogens with zero attached hydrogens (tertiary/aromatic N) is 2. The Hall–Kier alpha value is -0.970. The molecule has 0 spiro atoms. The molecule has 0 aromatic carbocycles. The van der Waals surface area contributed by atoms with Crippen LogP contribution < -0.4 is 4.74 Å². The molecule has 0 unspecified atom stereocenters. The summed E-state index contributed by atoms with van der Waals surface area (Å²) in [5, 5.41) is -0.270. The second-order valence-corrected chi connectivity index (χ2v) is 2.48. The molecule has 0 aliphatic rings. The Morgan fingerprint density at radius 3 is 2.77 bits per heavy atom. The lowest BCUT2D eigenvalue weighted by atomic mass is 10.3. The topological polar surface area (TPSA) is 35.0 Å². The zero-order valence-electron chi connectivity index (χ0n) is 6.80. The summed E-state index contributed by atoms with van der Waals surface area (Å²) in [5.41, 5.74) is -0.453. The molecule has 0 aliphatic carbocycles. The largest absolute Gasteiger partial charge is 0.478 e. The summed E-state index contributed by atoms with van der Waals surface area (Å²) in [6.45, 7) is 1.93. The van der Waals surface area contributed by atoms with Gasteiger partial charge >= 0.3 is 0 Å². The number of aromatic nitrogens is 2. The van der Waals surface area contributed by atoms with Crippen LogP contribution in [0.4, 0.5) is 8.78 Å². The van der Waals surface area contributed by atoms with Gasteiger partial charge in [-0.25, -0.2) is 18.7 Å². The number of hydrogen-bond acceptors (Lipinski definition) is 3. The van der Waals surface area contributed by atoms with Crippen molar-refractivity contribution in [2.75, 3.05) is 6.61 Å². The van der Waals surface area contributed by atoms with Gasteiger partial charge in [-0.05, 0) is 6.92 Å². The molecule has 1 heterocycles. The van der Waals surface area contributed by atoms with Gasteiger partial charge in [0, 0.05) is 0 Å². The fourth-order valence-corrected chi connectivity index (χ4v) is 1.00. The smallest absolute Gasteiger partial charge is 0.272 e. The maximum Gasteiger partial charge on any atom is 0.272 e. The number of hydrogen-bond donors (Lipinski definition) is 0. The summed E-state index contributed by atoms with van der Waals surface area (Å²) in [5.74, 6) is -0.155. The molecule has 0 saturated carbocycles. The number of halogens is 3. The molecule has 13 heavy (non-hydrogen) atoms. The van der Waals surface area contributed by atoms with Crippen LogP contribution in [0.25, 0.3) is 0 Å². The highest BCUT2D eigenvalue weighted by atomic mass is 35.5. The molecule has 6 heteroatoms. The van der Waals surface area contributed by atoms with Crippen LogP contribution in [0.15, 0.2) is 6.33 Å². The van der Waals surface area contributed by atoms with Gasteiger partial charge in [-0.3, -0.25) is 0 Å². The van der Waals surface area contributed by atoms with Crippen LogP contribution in [0.5, 0.6) is 5.88 Å². The minimum absolute atomic E-state index is 0.155. The van der Waals surface area contributed by atoms with E-state index in [1.807, 2.05) is 0 Å². The van der Waals surface area contributed by atoms with Gasteiger partial charge in [0.1, 0.15) is 17.0 Å². The second kappa shape index (κ2) is 4.32. The molecule has 0 bridgehead atoms. The highest BCUT2D eigenvalue weighted by Crippen LogP contribution is 2.31. The Kier molecular flexibility index (Phi) is 3.36. The Morgan fingerprint density at radius 2 is 2.23 bits per heavy atom. The lowest BCUT2D eigenvalue weighted by molar-refractivity contribution is 0.144. The van der Waals surface area contributed by atoms with Gasteiger partial charge in [-0.2, -0.15) is 0 Å². The van der Waals surface area contributed by atoms with E-state index < -0.39 is 12.0 Å².